The van der Waals surface area contributed by atoms with Crippen LogP contribution in [0.1, 0.15) is 21.7 Å². The highest BCUT2D eigenvalue weighted by molar-refractivity contribution is 6.02. The van der Waals surface area contributed by atoms with Crippen LogP contribution in [0.25, 0.3) is 5.69 Å². The second-order valence-corrected chi connectivity index (χ2v) is 6.11. The average Bonchev–Trinajstić information content (AvgIpc) is 2.67. The first-order valence-corrected chi connectivity index (χ1v) is 8.43. The average molecular weight is 403 g/mol. The SMILES string of the molecule is COc1cccc(NC(=O)c2nn(-c3ccccc3C(F)(F)F)c(C)cc2=O)c1. The number of nitrogens with zero attached hydrogens (tertiary/aromatic N) is 2. The van der Waals surface area contributed by atoms with Crippen molar-refractivity contribution in [2.24, 2.45) is 0 Å². The Kier molecular flexibility index (Phi) is 5.40. The van der Waals surface area contributed by atoms with Crippen LogP contribution in [0.2, 0.25) is 0 Å². The van der Waals surface area contributed by atoms with Gasteiger partial charge in [0.15, 0.2) is 5.69 Å². The highest BCUT2D eigenvalue weighted by Crippen LogP contribution is 2.33. The third kappa shape index (κ3) is 4.29. The lowest BCUT2D eigenvalue weighted by atomic mass is 10.1. The van der Waals surface area contributed by atoms with Gasteiger partial charge in [-0.1, -0.05) is 18.2 Å². The summed E-state index contributed by atoms with van der Waals surface area (Å²) in [6, 6.07) is 12.3. The third-order valence-electron chi connectivity index (χ3n) is 4.09. The van der Waals surface area contributed by atoms with Gasteiger partial charge in [0.1, 0.15) is 5.75 Å². The molecule has 3 rings (SSSR count). The van der Waals surface area contributed by atoms with Crippen LogP contribution in [0.3, 0.4) is 0 Å². The number of para-hydroxylation sites is 1. The molecule has 9 heteroatoms. The van der Waals surface area contributed by atoms with Crippen molar-refractivity contribution in [1.29, 1.82) is 0 Å². The molecule has 1 heterocycles. The van der Waals surface area contributed by atoms with Crippen LogP contribution in [-0.4, -0.2) is 22.8 Å². The molecule has 1 aromatic heterocycles. The van der Waals surface area contributed by atoms with Gasteiger partial charge in [-0.15, -0.1) is 0 Å². The van der Waals surface area contributed by atoms with Gasteiger partial charge in [-0.3, -0.25) is 9.59 Å². The number of carbonyl (C=O) groups excluding carboxylic acids is 1. The molecule has 0 saturated carbocycles. The van der Waals surface area contributed by atoms with E-state index in [2.05, 4.69) is 10.4 Å². The lowest BCUT2D eigenvalue weighted by Crippen LogP contribution is -2.27. The molecule has 0 saturated heterocycles. The minimum absolute atomic E-state index is 0.157. The molecule has 1 N–H and O–H groups in total. The van der Waals surface area contributed by atoms with E-state index in [-0.39, 0.29) is 11.4 Å². The van der Waals surface area contributed by atoms with Crippen LogP contribution in [-0.2, 0) is 6.18 Å². The molecule has 150 valence electrons. The number of aromatic nitrogens is 2. The summed E-state index contributed by atoms with van der Waals surface area (Å²) in [4.78, 5) is 24.8. The van der Waals surface area contributed by atoms with E-state index in [9.17, 15) is 22.8 Å². The summed E-state index contributed by atoms with van der Waals surface area (Å²) in [5.41, 5.74) is -1.95. The summed E-state index contributed by atoms with van der Waals surface area (Å²) in [5.74, 6) is -0.363. The number of amides is 1. The second kappa shape index (κ2) is 7.78. The largest absolute Gasteiger partial charge is 0.497 e. The lowest BCUT2D eigenvalue weighted by Gasteiger charge is -2.16. The van der Waals surface area contributed by atoms with E-state index in [1.807, 2.05) is 0 Å². The van der Waals surface area contributed by atoms with E-state index in [1.165, 1.54) is 38.3 Å². The van der Waals surface area contributed by atoms with Gasteiger partial charge in [0.05, 0.1) is 18.4 Å². The fraction of sp³-hybridized carbons (Fsp3) is 0.150. The van der Waals surface area contributed by atoms with Crippen LogP contribution < -0.4 is 15.5 Å². The monoisotopic (exact) mass is 403 g/mol. The zero-order valence-corrected chi connectivity index (χ0v) is 15.4. The van der Waals surface area contributed by atoms with Crippen molar-refractivity contribution in [2.45, 2.75) is 13.1 Å². The van der Waals surface area contributed by atoms with Gasteiger partial charge in [0, 0.05) is 23.5 Å². The Bertz CT molecular complexity index is 1120. The maximum Gasteiger partial charge on any atom is 0.418 e. The summed E-state index contributed by atoms with van der Waals surface area (Å²) < 4.78 is 46.1. The number of benzene rings is 2. The van der Waals surface area contributed by atoms with E-state index in [0.29, 0.717) is 11.4 Å². The standard InChI is InChI=1S/C20H16F3N3O3/c1-12-10-17(27)18(19(28)24-13-6-5-7-14(11-13)29-2)25-26(12)16-9-4-3-8-15(16)20(21,22)23/h3-11H,1-2H3,(H,24,28). The van der Waals surface area contributed by atoms with Gasteiger partial charge in [-0.05, 0) is 31.2 Å². The molecule has 0 aliphatic carbocycles. The topological polar surface area (TPSA) is 73.2 Å². The van der Waals surface area contributed by atoms with Gasteiger partial charge < -0.3 is 10.1 Å². The number of rotatable bonds is 4. The minimum Gasteiger partial charge on any atom is -0.497 e. The van der Waals surface area contributed by atoms with Gasteiger partial charge in [-0.25, -0.2) is 4.68 Å². The summed E-state index contributed by atoms with van der Waals surface area (Å²) in [6.45, 7) is 1.44. The first kappa shape index (κ1) is 20.1. The number of ether oxygens (including phenoxy) is 1. The van der Waals surface area contributed by atoms with Crippen LogP contribution in [0, 0.1) is 6.92 Å². The normalized spacial score (nSPS) is 11.2. The smallest absolute Gasteiger partial charge is 0.418 e. The highest BCUT2D eigenvalue weighted by Gasteiger charge is 2.34. The number of anilines is 1. The van der Waals surface area contributed by atoms with Crippen molar-refractivity contribution in [3.63, 3.8) is 0 Å². The number of alkyl halides is 3. The first-order valence-electron chi connectivity index (χ1n) is 8.43. The molecule has 0 radical (unpaired) electrons. The Morgan fingerprint density at radius 3 is 2.52 bits per heavy atom. The van der Waals surface area contributed by atoms with Crippen molar-refractivity contribution in [3.8, 4) is 11.4 Å². The quantitative estimate of drug-likeness (QED) is 0.719. The Morgan fingerprint density at radius 2 is 1.83 bits per heavy atom. The van der Waals surface area contributed by atoms with Gasteiger partial charge in [-0.2, -0.15) is 18.3 Å². The molecule has 29 heavy (non-hydrogen) atoms. The fourth-order valence-electron chi connectivity index (χ4n) is 2.74. The number of halogens is 3. The summed E-state index contributed by atoms with van der Waals surface area (Å²) >= 11 is 0. The minimum atomic E-state index is -4.63. The predicted molar refractivity (Wildman–Crippen MR) is 101 cm³/mol. The number of hydrogen-bond donors (Lipinski definition) is 1. The van der Waals surface area contributed by atoms with Crippen LogP contribution in [0.4, 0.5) is 18.9 Å². The molecule has 0 bridgehead atoms. The Morgan fingerprint density at radius 1 is 1.10 bits per heavy atom. The molecule has 1 amide bonds. The number of nitrogens with one attached hydrogen (secondary N) is 1. The van der Waals surface area contributed by atoms with Gasteiger partial charge in [0.2, 0.25) is 5.43 Å². The van der Waals surface area contributed by atoms with Crippen LogP contribution in [0.5, 0.6) is 5.75 Å². The maximum atomic E-state index is 13.4. The number of carbonyl (C=O) groups is 1. The zero-order valence-electron chi connectivity index (χ0n) is 15.4. The molecule has 0 aliphatic heterocycles. The molecular formula is C20H16F3N3O3. The van der Waals surface area contributed by atoms with E-state index < -0.39 is 28.8 Å². The summed E-state index contributed by atoms with van der Waals surface area (Å²) in [6.07, 6.45) is -4.63. The number of methoxy groups -OCH3 is 1. The third-order valence-corrected chi connectivity index (χ3v) is 4.09. The van der Waals surface area contributed by atoms with E-state index in [4.69, 9.17) is 4.74 Å². The zero-order chi connectivity index (χ0) is 21.2. The highest BCUT2D eigenvalue weighted by atomic mass is 19.4. The fourth-order valence-corrected chi connectivity index (χ4v) is 2.74. The molecular weight excluding hydrogens is 387 g/mol. The number of hydrogen-bond acceptors (Lipinski definition) is 4. The van der Waals surface area contributed by atoms with Gasteiger partial charge >= 0.3 is 6.18 Å². The molecule has 0 spiro atoms. The Labute approximate surface area is 163 Å². The molecule has 0 fully saturated rings. The van der Waals surface area contributed by atoms with Crippen molar-refractivity contribution >= 4 is 11.6 Å². The van der Waals surface area contributed by atoms with E-state index >= 15 is 0 Å². The first-order chi connectivity index (χ1) is 13.7. The lowest BCUT2D eigenvalue weighted by molar-refractivity contribution is -0.137. The van der Waals surface area contributed by atoms with E-state index in [0.717, 1.165) is 16.8 Å². The van der Waals surface area contributed by atoms with Crippen LogP contribution in [0.15, 0.2) is 59.4 Å². The van der Waals surface area contributed by atoms with E-state index in [1.54, 1.807) is 18.2 Å². The molecule has 6 nitrogen and oxygen atoms in total. The summed E-state index contributed by atoms with van der Waals surface area (Å²) in [5, 5.41) is 6.42. The van der Waals surface area contributed by atoms with Crippen molar-refractivity contribution in [1.82, 2.24) is 9.78 Å². The molecule has 2 aromatic carbocycles. The maximum absolute atomic E-state index is 13.4. The van der Waals surface area contributed by atoms with Crippen molar-refractivity contribution in [2.75, 3.05) is 12.4 Å². The number of aryl methyl sites for hydroxylation is 1. The van der Waals surface area contributed by atoms with Crippen molar-refractivity contribution in [3.05, 3.63) is 81.8 Å². The molecule has 0 aliphatic rings. The van der Waals surface area contributed by atoms with Crippen LogP contribution >= 0.6 is 0 Å². The van der Waals surface area contributed by atoms with Crippen molar-refractivity contribution < 1.29 is 22.7 Å². The predicted octanol–water partition coefficient (Wildman–Crippen LogP) is 3.82. The Hall–Kier alpha value is -3.62. The second-order valence-electron chi connectivity index (χ2n) is 6.11. The Balaban J connectivity index is 2.05. The molecule has 0 atom stereocenters. The molecule has 0 unspecified atom stereocenters. The molecule has 3 aromatic rings. The summed E-state index contributed by atoms with van der Waals surface area (Å²) in [7, 11) is 1.46. The van der Waals surface area contributed by atoms with Gasteiger partial charge in [0.25, 0.3) is 5.91 Å².